The molecule has 5 heteroatoms. The third kappa shape index (κ3) is 4.57. The molecule has 0 aromatic carbocycles. The first kappa shape index (κ1) is 12.4. The van der Waals surface area contributed by atoms with E-state index in [1.807, 2.05) is 7.05 Å². The molecule has 0 radical (unpaired) electrons. The Balaban J connectivity index is 2.12. The van der Waals surface area contributed by atoms with Gasteiger partial charge in [0, 0.05) is 20.1 Å². The third-order valence-corrected chi connectivity index (χ3v) is 2.89. The highest BCUT2D eigenvalue weighted by molar-refractivity contribution is 7.80. The van der Waals surface area contributed by atoms with Crippen molar-refractivity contribution in [3.05, 3.63) is 0 Å². The molecule has 1 heterocycles. The van der Waals surface area contributed by atoms with E-state index in [4.69, 9.17) is 18.0 Å². The Morgan fingerprint density at radius 3 is 2.80 bits per heavy atom. The normalized spacial score (nSPS) is 18.2. The molecule has 1 saturated heterocycles. The zero-order valence-electron chi connectivity index (χ0n) is 9.24. The predicted molar refractivity (Wildman–Crippen MR) is 64.7 cm³/mol. The van der Waals surface area contributed by atoms with Crippen LogP contribution >= 0.6 is 12.2 Å². The number of amides is 1. The van der Waals surface area contributed by atoms with Crippen molar-refractivity contribution >= 4 is 23.1 Å². The fourth-order valence-corrected chi connectivity index (χ4v) is 1.78. The van der Waals surface area contributed by atoms with E-state index in [2.05, 4.69) is 4.90 Å². The van der Waals surface area contributed by atoms with Crippen molar-refractivity contribution < 1.29 is 4.79 Å². The highest BCUT2D eigenvalue weighted by Gasteiger charge is 2.19. The summed E-state index contributed by atoms with van der Waals surface area (Å²) in [6, 6.07) is 0. The summed E-state index contributed by atoms with van der Waals surface area (Å²) in [4.78, 5) is 16.0. The number of hydrogen-bond acceptors (Lipinski definition) is 3. The molecule has 86 valence electrons. The minimum Gasteiger partial charge on any atom is -0.393 e. The Hall–Kier alpha value is -0.680. The number of carbonyl (C=O) groups is 1. The lowest BCUT2D eigenvalue weighted by atomic mass is 10.2. The van der Waals surface area contributed by atoms with Gasteiger partial charge in [-0.2, -0.15) is 0 Å². The van der Waals surface area contributed by atoms with Crippen LogP contribution in [0.4, 0.5) is 0 Å². The molecule has 1 amide bonds. The van der Waals surface area contributed by atoms with E-state index >= 15 is 0 Å². The summed E-state index contributed by atoms with van der Waals surface area (Å²) in [7, 11) is 1.85. The molecular weight excluding hydrogens is 210 g/mol. The van der Waals surface area contributed by atoms with E-state index in [9.17, 15) is 4.79 Å². The van der Waals surface area contributed by atoms with Crippen molar-refractivity contribution in [2.45, 2.75) is 19.3 Å². The first-order valence-electron chi connectivity index (χ1n) is 5.34. The second kappa shape index (κ2) is 6.02. The molecule has 0 saturated carbocycles. The van der Waals surface area contributed by atoms with Crippen LogP contribution in [0.25, 0.3) is 0 Å². The summed E-state index contributed by atoms with van der Waals surface area (Å²) in [5.41, 5.74) is 5.41. The van der Waals surface area contributed by atoms with E-state index in [1.165, 1.54) is 0 Å². The van der Waals surface area contributed by atoms with E-state index in [1.54, 1.807) is 4.90 Å². The standard InChI is InChI=1S/C10H19N3OS/c1-12-6-7-13(8-10(12)14)5-3-2-4-9(11)15/h2-8H2,1H3,(H2,11,15). The SMILES string of the molecule is CN1CCN(CCCCC(N)=S)CC1=O. The Morgan fingerprint density at radius 1 is 1.47 bits per heavy atom. The molecule has 2 N–H and O–H groups in total. The Morgan fingerprint density at radius 2 is 2.20 bits per heavy atom. The topological polar surface area (TPSA) is 49.6 Å². The minimum atomic E-state index is 0.218. The van der Waals surface area contributed by atoms with Crippen LogP contribution < -0.4 is 5.73 Å². The number of piperazine rings is 1. The summed E-state index contributed by atoms with van der Waals surface area (Å²) in [6.45, 7) is 3.36. The summed E-state index contributed by atoms with van der Waals surface area (Å²) >= 11 is 4.80. The van der Waals surface area contributed by atoms with Gasteiger partial charge >= 0.3 is 0 Å². The Bertz CT molecular complexity index is 245. The molecule has 4 nitrogen and oxygen atoms in total. The highest BCUT2D eigenvalue weighted by Crippen LogP contribution is 2.04. The summed E-state index contributed by atoms with van der Waals surface area (Å²) in [6.07, 6.45) is 2.90. The van der Waals surface area contributed by atoms with E-state index < -0.39 is 0 Å². The largest absolute Gasteiger partial charge is 0.393 e. The lowest BCUT2D eigenvalue weighted by Gasteiger charge is -2.31. The van der Waals surface area contributed by atoms with Gasteiger partial charge in [-0.25, -0.2) is 0 Å². The van der Waals surface area contributed by atoms with Crippen molar-refractivity contribution in [2.75, 3.05) is 33.2 Å². The fourth-order valence-electron chi connectivity index (χ4n) is 1.63. The molecule has 0 atom stereocenters. The van der Waals surface area contributed by atoms with Crippen LogP contribution in [0.2, 0.25) is 0 Å². The molecule has 1 fully saturated rings. The second-order valence-electron chi connectivity index (χ2n) is 4.01. The van der Waals surface area contributed by atoms with Gasteiger partial charge in [-0.05, 0) is 25.8 Å². The first-order valence-corrected chi connectivity index (χ1v) is 5.75. The number of nitrogens with two attached hydrogens (primary N) is 1. The summed E-state index contributed by atoms with van der Waals surface area (Å²) in [5.74, 6) is 0.218. The van der Waals surface area contributed by atoms with Crippen molar-refractivity contribution in [3.63, 3.8) is 0 Å². The molecule has 0 spiro atoms. The molecule has 0 aromatic heterocycles. The smallest absolute Gasteiger partial charge is 0.236 e. The fraction of sp³-hybridized carbons (Fsp3) is 0.800. The molecule has 0 unspecified atom stereocenters. The first-order chi connectivity index (χ1) is 7.09. The quantitative estimate of drug-likeness (QED) is 0.541. The predicted octanol–water partition coefficient (Wildman–Crippen LogP) is 0.217. The molecule has 1 aliphatic heterocycles. The molecule has 0 aliphatic carbocycles. The van der Waals surface area contributed by atoms with Gasteiger partial charge in [0.25, 0.3) is 0 Å². The summed E-state index contributed by atoms with van der Waals surface area (Å²) < 4.78 is 0. The maximum atomic E-state index is 11.4. The van der Waals surface area contributed by atoms with Gasteiger partial charge in [0.05, 0.1) is 11.5 Å². The number of likely N-dealkylation sites (N-methyl/N-ethyl adjacent to an activating group) is 1. The van der Waals surface area contributed by atoms with Crippen LogP contribution in [0.1, 0.15) is 19.3 Å². The number of rotatable bonds is 5. The van der Waals surface area contributed by atoms with Crippen LogP contribution in [-0.2, 0) is 4.79 Å². The molecular formula is C10H19N3OS. The highest BCUT2D eigenvalue weighted by atomic mass is 32.1. The molecule has 1 aliphatic rings. The number of nitrogens with zero attached hydrogens (tertiary/aromatic N) is 2. The number of carbonyl (C=O) groups excluding carboxylic acids is 1. The van der Waals surface area contributed by atoms with E-state index in [-0.39, 0.29) is 5.91 Å². The van der Waals surface area contributed by atoms with Crippen molar-refractivity contribution in [1.29, 1.82) is 0 Å². The van der Waals surface area contributed by atoms with Gasteiger partial charge in [-0.3, -0.25) is 9.69 Å². The van der Waals surface area contributed by atoms with Gasteiger partial charge in [0.1, 0.15) is 0 Å². The van der Waals surface area contributed by atoms with Crippen molar-refractivity contribution in [2.24, 2.45) is 5.73 Å². The second-order valence-corrected chi connectivity index (χ2v) is 4.54. The maximum Gasteiger partial charge on any atom is 0.236 e. The zero-order valence-corrected chi connectivity index (χ0v) is 10.1. The van der Waals surface area contributed by atoms with Crippen LogP contribution in [0, 0.1) is 0 Å². The zero-order chi connectivity index (χ0) is 11.3. The van der Waals surface area contributed by atoms with Gasteiger partial charge in [0.15, 0.2) is 0 Å². The minimum absolute atomic E-state index is 0.218. The Kier molecular flexibility index (Phi) is 4.98. The Labute approximate surface area is 96.4 Å². The lowest BCUT2D eigenvalue weighted by molar-refractivity contribution is -0.134. The lowest BCUT2D eigenvalue weighted by Crippen LogP contribution is -2.48. The van der Waals surface area contributed by atoms with Crippen LogP contribution in [0.15, 0.2) is 0 Å². The monoisotopic (exact) mass is 229 g/mol. The number of hydrogen-bond donors (Lipinski definition) is 1. The molecule has 15 heavy (non-hydrogen) atoms. The van der Waals surface area contributed by atoms with Crippen LogP contribution in [0.5, 0.6) is 0 Å². The molecule has 1 rings (SSSR count). The van der Waals surface area contributed by atoms with E-state index in [0.29, 0.717) is 11.5 Å². The average Bonchev–Trinajstić information content (AvgIpc) is 2.18. The van der Waals surface area contributed by atoms with Crippen molar-refractivity contribution in [1.82, 2.24) is 9.80 Å². The third-order valence-electron chi connectivity index (χ3n) is 2.68. The van der Waals surface area contributed by atoms with Gasteiger partial charge in [0.2, 0.25) is 5.91 Å². The molecule has 0 aromatic rings. The number of thiocarbonyl (C=S) groups is 1. The summed E-state index contributed by atoms with van der Waals surface area (Å²) in [5, 5.41) is 0. The van der Waals surface area contributed by atoms with Crippen LogP contribution in [-0.4, -0.2) is 53.9 Å². The number of unbranched alkanes of at least 4 members (excludes halogenated alkanes) is 1. The maximum absolute atomic E-state index is 11.4. The van der Waals surface area contributed by atoms with Crippen LogP contribution in [0.3, 0.4) is 0 Å². The van der Waals surface area contributed by atoms with Gasteiger partial charge < -0.3 is 10.6 Å². The molecule has 0 bridgehead atoms. The van der Waals surface area contributed by atoms with Gasteiger partial charge in [-0.15, -0.1) is 0 Å². The van der Waals surface area contributed by atoms with Gasteiger partial charge in [-0.1, -0.05) is 12.2 Å². The van der Waals surface area contributed by atoms with Crippen molar-refractivity contribution in [3.8, 4) is 0 Å². The average molecular weight is 229 g/mol. The van der Waals surface area contributed by atoms with E-state index in [0.717, 1.165) is 38.9 Å².